The van der Waals surface area contributed by atoms with Gasteiger partial charge in [0.2, 0.25) is 0 Å². The summed E-state index contributed by atoms with van der Waals surface area (Å²) in [4.78, 5) is 0. The van der Waals surface area contributed by atoms with Crippen molar-refractivity contribution >= 4 is 9.84 Å². The van der Waals surface area contributed by atoms with E-state index in [-0.39, 0.29) is 18.2 Å². The maximum absolute atomic E-state index is 13.2. The molecule has 3 nitrogen and oxygen atoms in total. The van der Waals surface area contributed by atoms with Gasteiger partial charge in [-0.3, -0.25) is 0 Å². The summed E-state index contributed by atoms with van der Waals surface area (Å²) < 4.78 is 41.4. The van der Waals surface area contributed by atoms with Crippen LogP contribution in [-0.4, -0.2) is 27.9 Å². The third kappa shape index (κ3) is 2.90. The summed E-state index contributed by atoms with van der Waals surface area (Å²) in [6, 6.07) is 4.41. The monoisotopic (exact) mass is 274 g/mol. The Morgan fingerprint density at radius 3 is 2.44 bits per heavy atom. The molecular weight excluding hydrogens is 255 g/mol. The molecule has 0 unspecified atom stereocenters. The van der Waals surface area contributed by atoms with E-state index in [1.165, 1.54) is 19.2 Å². The fourth-order valence-corrected chi connectivity index (χ4v) is 3.03. The Morgan fingerprint density at radius 2 is 1.94 bits per heavy atom. The Hall–Kier alpha value is -0.940. The maximum Gasteiger partial charge on any atom is 0.161 e. The van der Waals surface area contributed by atoms with Crippen molar-refractivity contribution in [2.45, 2.75) is 25.5 Å². The molecule has 0 heterocycles. The number of rotatable bonds is 5. The molecule has 0 aliphatic carbocycles. The maximum atomic E-state index is 13.2. The van der Waals surface area contributed by atoms with E-state index in [9.17, 15) is 12.8 Å². The second-order valence-corrected chi connectivity index (χ2v) is 7.44. The molecule has 0 bridgehead atoms. The van der Waals surface area contributed by atoms with Gasteiger partial charge in [-0.15, -0.1) is 0 Å². The Kier molecular flexibility index (Phi) is 4.50. The highest BCUT2D eigenvalue weighted by molar-refractivity contribution is 7.92. The molecule has 1 aromatic carbocycles. The predicted molar refractivity (Wildman–Crippen MR) is 69.8 cm³/mol. The van der Waals surface area contributed by atoms with Crippen molar-refractivity contribution in [1.29, 1.82) is 0 Å². The number of hydrogen-bond acceptors (Lipinski definition) is 3. The van der Waals surface area contributed by atoms with Gasteiger partial charge >= 0.3 is 0 Å². The summed E-state index contributed by atoms with van der Waals surface area (Å²) in [5.41, 5.74) is 1.04. The largest absolute Gasteiger partial charge is 0.384 e. The summed E-state index contributed by atoms with van der Waals surface area (Å²) in [5, 5.41) is 0. The van der Waals surface area contributed by atoms with Gasteiger partial charge in [0.15, 0.2) is 9.84 Å². The fraction of sp³-hybridized carbons (Fsp3) is 0.538. The van der Waals surface area contributed by atoms with Gasteiger partial charge in [0, 0.05) is 7.11 Å². The van der Waals surface area contributed by atoms with E-state index < -0.39 is 14.6 Å². The molecule has 0 atom stereocenters. The smallest absolute Gasteiger partial charge is 0.161 e. The standard InChI is InChI=1S/C13H19FO3S/c1-10-9-11(5-6-12(10)14)13(2,3)18(15,16)8-7-17-4/h5-6,9H,7-8H2,1-4H3. The normalized spacial score (nSPS) is 12.7. The van der Waals surface area contributed by atoms with Crippen LogP contribution < -0.4 is 0 Å². The summed E-state index contributed by atoms with van der Waals surface area (Å²) in [6.45, 7) is 5.04. The third-order valence-electron chi connectivity index (χ3n) is 3.19. The van der Waals surface area contributed by atoms with Gasteiger partial charge in [-0.1, -0.05) is 12.1 Å². The van der Waals surface area contributed by atoms with Gasteiger partial charge in [0.05, 0.1) is 17.1 Å². The molecule has 1 aromatic rings. The first-order valence-electron chi connectivity index (χ1n) is 5.70. The molecule has 1 rings (SSSR count). The van der Waals surface area contributed by atoms with E-state index in [2.05, 4.69) is 0 Å². The number of benzene rings is 1. The van der Waals surface area contributed by atoms with Crippen molar-refractivity contribution in [2.75, 3.05) is 19.5 Å². The van der Waals surface area contributed by atoms with Crippen molar-refractivity contribution in [3.05, 3.63) is 35.1 Å². The van der Waals surface area contributed by atoms with E-state index >= 15 is 0 Å². The number of halogens is 1. The lowest BCUT2D eigenvalue weighted by atomic mass is 10.0. The number of aryl methyl sites for hydroxylation is 1. The van der Waals surface area contributed by atoms with Gasteiger partial charge in [0.1, 0.15) is 5.82 Å². The molecule has 0 aliphatic heterocycles. The Balaban J connectivity index is 3.16. The second-order valence-electron chi connectivity index (χ2n) is 4.79. The first kappa shape index (κ1) is 15.1. The lowest BCUT2D eigenvalue weighted by molar-refractivity contribution is 0.216. The molecule has 0 N–H and O–H groups in total. The van der Waals surface area contributed by atoms with Crippen LogP contribution in [0.25, 0.3) is 0 Å². The lowest BCUT2D eigenvalue weighted by Gasteiger charge is -2.25. The van der Waals surface area contributed by atoms with Gasteiger partial charge < -0.3 is 4.74 Å². The minimum absolute atomic E-state index is 0.0487. The van der Waals surface area contributed by atoms with Gasteiger partial charge in [-0.25, -0.2) is 12.8 Å². The highest BCUT2D eigenvalue weighted by atomic mass is 32.2. The topological polar surface area (TPSA) is 43.4 Å². The van der Waals surface area contributed by atoms with E-state index in [0.29, 0.717) is 11.1 Å². The first-order chi connectivity index (χ1) is 8.22. The molecule has 0 amide bonds. The third-order valence-corrected chi connectivity index (χ3v) is 5.68. The van der Waals surface area contributed by atoms with E-state index in [1.807, 2.05) is 0 Å². The zero-order valence-corrected chi connectivity index (χ0v) is 12.0. The second kappa shape index (κ2) is 5.36. The predicted octanol–water partition coefficient (Wildman–Crippen LogP) is 2.43. The van der Waals surface area contributed by atoms with Crippen LogP contribution in [-0.2, 0) is 19.3 Å². The molecule has 0 saturated heterocycles. The van der Waals surface area contributed by atoms with Crippen LogP contribution in [0.5, 0.6) is 0 Å². The van der Waals surface area contributed by atoms with Crippen LogP contribution in [0.3, 0.4) is 0 Å². The van der Waals surface area contributed by atoms with Crippen molar-refractivity contribution in [3.63, 3.8) is 0 Å². The molecule has 0 aliphatic rings. The van der Waals surface area contributed by atoms with E-state index in [4.69, 9.17) is 4.74 Å². The fourth-order valence-electron chi connectivity index (χ4n) is 1.65. The highest BCUT2D eigenvalue weighted by Gasteiger charge is 2.35. The number of hydrogen-bond donors (Lipinski definition) is 0. The SMILES string of the molecule is COCCS(=O)(=O)C(C)(C)c1ccc(F)c(C)c1. The van der Waals surface area contributed by atoms with Gasteiger partial charge in [-0.2, -0.15) is 0 Å². The van der Waals surface area contributed by atoms with Crippen LogP contribution in [0.2, 0.25) is 0 Å². The number of sulfone groups is 1. The zero-order chi connectivity index (χ0) is 14.0. The van der Waals surface area contributed by atoms with Crippen molar-refractivity contribution in [3.8, 4) is 0 Å². The average Bonchev–Trinajstić information content (AvgIpc) is 2.29. The Labute approximate surface area is 108 Å². The molecule has 0 aromatic heterocycles. The molecule has 0 saturated carbocycles. The van der Waals surface area contributed by atoms with E-state index in [1.54, 1.807) is 26.8 Å². The molecule has 0 fully saturated rings. The summed E-state index contributed by atoms with van der Waals surface area (Å²) >= 11 is 0. The molecule has 0 spiro atoms. The van der Waals surface area contributed by atoms with Crippen molar-refractivity contribution < 1.29 is 17.5 Å². The number of ether oxygens (including phenoxy) is 1. The average molecular weight is 274 g/mol. The Bertz CT molecular complexity index is 521. The summed E-state index contributed by atoms with van der Waals surface area (Å²) in [6.07, 6.45) is 0. The molecule has 0 radical (unpaired) electrons. The minimum Gasteiger partial charge on any atom is -0.384 e. The van der Waals surface area contributed by atoms with Crippen LogP contribution in [0.4, 0.5) is 4.39 Å². The van der Waals surface area contributed by atoms with Crippen molar-refractivity contribution in [1.82, 2.24) is 0 Å². The quantitative estimate of drug-likeness (QED) is 0.828. The number of methoxy groups -OCH3 is 1. The van der Waals surface area contributed by atoms with Gasteiger partial charge in [-0.05, 0) is 38.0 Å². The first-order valence-corrected chi connectivity index (χ1v) is 7.35. The van der Waals surface area contributed by atoms with Crippen molar-refractivity contribution in [2.24, 2.45) is 0 Å². The molecule has 102 valence electrons. The van der Waals surface area contributed by atoms with E-state index in [0.717, 1.165) is 0 Å². The highest BCUT2D eigenvalue weighted by Crippen LogP contribution is 2.31. The van der Waals surface area contributed by atoms with Crippen LogP contribution >= 0.6 is 0 Å². The molecular formula is C13H19FO3S. The summed E-state index contributed by atoms with van der Waals surface area (Å²) in [7, 11) is -1.89. The van der Waals surface area contributed by atoms with Crippen LogP contribution in [0.15, 0.2) is 18.2 Å². The zero-order valence-electron chi connectivity index (χ0n) is 11.2. The molecule has 5 heteroatoms. The van der Waals surface area contributed by atoms with Gasteiger partial charge in [0.25, 0.3) is 0 Å². The lowest BCUT2D eigenvalue weighted by Crippen LogP contribution is -2.33. The Morgan fingerprint density at radius 1 is 1.33 bits per heavy atom. The summed E-state index contributed by atoms with van der Waals surface area (Å²) in [5.74, 6) is -0.378. The molecule has 18 heavy (non-hydrogen) atoms. The van der Waals surface area contributed by atoms with Crippen LogP contribution in [0, 0.1) is 12.7 Å². The minimum atomic E-state index is -3.35. The van der Waals surface area contributed by atoms with Crippen LogP contribution in [0.1, 0.15) is 25.0 Å².